The molecule has 0 saturated carbocycles. The fourth-order valence-electron chi connectivity index (χ4n) is 2.98. The number of nitrogens with zero attached hydrogens (tertiary/aromatic N) is 2. The molecular weight excluding hydrogens is 374 g/mol. The van der Waals surface area contributed by atoms with Crippen LogP contribution < -0.4 is 21.1 Å². The average Bonchev–Trinajstić information content (AvgIpc) is 2.76. The van der Waals surface area contributed by atoms with Gasteiger partial charge in [-0.3, -0.25) is 0 Å². The lowest BCUT2D eigenvalue weighted by Crippen LogP contribution is -2.06. The predicted molar refractivity (Wildman–Crippen MR) is 122 cm³/mol. The molecule has 0 spiro atoms. The van der Waals surface area contributed by atoms with Crippen LogP contribution in [0.4, 0.5) is 28.7 Å². The third-order valence-corrected chi connectivity index (χ3v) is 4.84. The van der Waals surface area contributed by atoms with Crippen molar-refractivity contribution < 1.29 is 4.74 Å². The average molecular weight is 397 g/mol. The number of anilines is 5. The lowest BCUT2D eigenvalue weighted by molar-refractivity contribution is 0.483. The van der Waals surface area contributed by atoms with Crippen LogP contribution in [0.15, 0.2) is 79.1 Å². The summed E-state index contributed by atoms with van der Waals surface area (Å²) < 4.78 is 5.83. The van der Waals surface area contributed by atoms with Gasteiger partial charge in [0.15, 0.2) is 11.6 Å². The fourth-order valence-corrected chi connectivity index (χ4v) is 2.98. The zero-order chi connectivity index (χ0) is 20.9. The highest BCUT2D eigenvalue weighted by Gasteiger charge is 2.10. The van der Waals surface area contributed by atoms with Gasteiger partial charge in [-0.2, -0.15) is 0 Å². The molecule has 0 aliphatic heterocycles. The van der Waals surface area contributed by atoms with E-state index in [1.807, 2.05) is 66.7 Å². The summed E-state index contributed by atoms with van der Waals surface area (Å²) in [6.45, 7) is 4.13. The van der Waals surface area contributed by atoms with Gasteiger partial charge < -0.3 is 21.1 Å². The molecule has 6 nitrogen and oxygen atoms in total. The Kier molecular flexibility index (Phi) is 5.48. The number of rotatable bonds is 6. The molecule has 1 heterocycles. The van der Waals surface area contributed by atoms with Crippen LogP contribution in [-0.4, -0.2) is 9.97 Å². The van der Waals surface area contributed by atoms with E-state index in [0.717, 1.165) is 28.4 Å². The molecule has 1 aromatic heterocycles. The predicted octanol–water partition coefficient (Wildman–Crippen LogP) is 5.96. The van der Waals surface area contributed by atoms with Crippen molar-refractivity contribution in [3.8, 4) is 11.5 Å². The number of ether oxygens (including phenoxy) is 1. The van der Waals surface area contributed by atoms with E-state index < -0.39 is 0 Å². The second kappa shape index (κ2) is 8.53. The SMILES string of the molecule is Cc1cccc(Nc2ncnc(Nc3ccc(Oc4ccccc4)cc3)c2N)c1C. The molecule has 0 radical (unpaired) electrons. The monoisotopic (exact) mass is 397 g/mol. The van der Waals surface area contributed by atoms with Gasteiger partial charge in [0.25, 0.3) is 0 Å². The van der Waals surface area contributed by atoms with Crippen molar-refractivity contribution >= 4 is 28.7 Å². The van der Waals surface area contributed by atoms with Gasteiger partial charge in [-0.05, 0) is 67.4 Å². The molecular formula is C24H23N5O. The maximum Gasteiger partial charge on any atom is 0.159 e. The van der Waals surface area contributed by atoms with Crippen molar-refractivity contribution in [3.63, 3.8) is 0 Å². The van der Waals surface area contributed by atoms with Crippen LogP contribution in [-0.2, 0) is 0 Å². The van der Waals surface area contributed by atoms with Crippen molar-refractivity contribution in [1.29, 1.82) is 0 Å². The second-order valence-corrected chi connectivity index (χ2v) is 6.92. The summed E-state index contributed by atoms with van der Waals surface area (Å²) in [5.74, 6) is 2.64. The van der Waals surface area contributed by atoms with Gasteiger partial charge in [0.2, 0.25) is 0 Å². The van der Waals surface area contributed by atoms with Gasteiger partial charge >= 0.3 is 0 Å². The molecule has 0 unspecified atom stereocenters. The topological polar surface area (TPSA) is 85.1 Å². The molecule has 0 fully saturated rings. The number of para-hydroxylation sites is 1. The smallest absolute Gasteiger partial charge is 0.159 e. The standard InChI is InChI=1S/C24H23N5O/c1-16-7-6-10-21(17(16)2)29-24-22(25)23(26-15-27-24)28-18-11-13-20(14-12-18)30-19-8-4-3-5-9-19/h3-15H,25H2,1-2H3,(H2,26,27,28,29). The van der Waals surface area contributed by atoms with Gasteiger partial charge in [0.1, 0.15) is 23.5 Å². The van der Waals surface area contributed by atoms with Gasteiger partial charge in [-0.25, -0.2) is 9.97 Å². The van der Waals surface area contributed by atoms with Gasteiger partial charge in [-0.1, -0.05) is 30.3 Å². The number of aryl methyl sites for hydroxylation is 1. The number of nitrogens with two attached hydrogens (primary N) is 1. The van der Waals surface area contributed by atoms with E-state index in [0.29, 0.717) is 17.3 Å². The molecule has 0 saturated heterocycles. The summed E-state index contributed by atoms with van der Waals surface area (Å²) in [6, 6.07) is 23.3. The van der Waals surface area contributed by atoms with Crippen molar-refractivity contribution in [2.45, 2.75) is 13.8 Å². The summed E-state index contributed by atoms with van der Waals surface area (Å²) in [7, 11) is 0. The van der Waals surface area contributed by atoms with E-state index in [4.69, 9.17) is 10.5 Å². The largest absolute Gasteiger partial charge is 0.457 e. The molecule has 30 heavy (non-hydrogen) atoms. The Labute approximate surface area is 175 Å². The molecule has 4 aromatic rings. The third kappa shape index (κ3) is 4.33. The van der Waals surface area contributed by atoms with Crippen molar-refractivity contribution in [2.24, 2.45) is 0 Å². The molecule has 6 heteroatoms. The van der Waals surface area contributed by atoms with Crippen LogP contribution in [0.2, 0.25) is 0 Å². The van der Waals surface area contributed by atoms with Gasteiger partial charge in [-0.15, -0.1) is 0 Å². The first-order valence-electron chi connectivity index (χ1n) is 9.64. The molecule has 4 N–H and O–H groups in total. The Morgan fingerprint density at radius 3 is 2.13 bits per heavy atom. The molecule has 0 aliphatic carbocycles. The number of benzene rings is 3. The summed E-state index contributed by atoms with van der Waals surface area (Å²) >= 11 is 0. The van der Waals surface area contributed by atoms with E-state index in [1.165, 1.54) is 11.9 Å². The molecule has 3 aromatic carbocycles. The quantitative estimate of drug-likeness (QED) is 0.372. The summed E-state index contributed by atoms with van der Waals surface area (Å²) in [5.41, 5.74) is 10.9. The third-order valence-electron chi connectivity index (χ3n) is 4.84. The first-order valence-corrected chi connectivity index (χ1v) is 9.64. The van der Waals surface area contributed by atoms with Crippen LogP contribution in [0, 0.1) is 13.8 Å². The molecule has 4 rings (SSSR count). The van der Waals surface area contributed by atoms with Gasteiger partial charge in [0.05, 0.1) is 0 Å². The van der Waals surface area contributed by atoms with Crippen LogP contribution in [0.1, 0.15) is 11.1 Å². The molecule has 0 bridgehead atoms. The number of hydrogen-bond donors (Lipinski definition) is 3. The van der Waals surface area contributed by atoms with Crippen LogP contribution >= 0.6 is 0 Å². The van der Waals surface area contributed by atoms with Crippen LogP contribution in [0.25, 0.3) is 0 Å². The van der Waals surface area contributed by atoms with E-state index in [9.17, 15) is 0 Å². The second-order valence-electron chi connectivity index (χ2n) is 6.92. The van der Waals surface area contributed by atoms with E-state index in [2.05, 4.69) is 40.5 Å². The van der Waals surface area contributed by atoms with Crippen molar-refractivity contribution in [3.05, 3.63) is 90.3 Å². The molecule has 0 atom stereocenters. The summed E-state index contributed by atoms with van der Waals surface area (Å²) in [5, 5.41) is 6.55. The molecule has 0 aliphatic rings. The Morgan fingerprint density at radius 2 is 1.40 bits per heavy atom. The van der Waals surface area contributed by atoms with Crippen LogP contribution in [0.5, 0.6) is 11.5 Å². The molecule has 0 amide bonds. The lowest BCUT2D eigenvalue weighted by Gasteiger charge is -2.15. The number of hydrogen-bond acceptors (Lipinski definition) is 6. The Hall–Kier alpha value is -4.06. The molecule has 150 valence electrons. The van der Waals surface area contributed by atoms with Crippen molar-refractivity contribution in [1.82, 2.24) is 9.97 Å². The fraction of sp³-hybridized carbons (Fsp3) is 0.0833. The maximum atomic E-state index is 6.32. The highest BCUT2D eigenvalue weighted by Crippen LogP contribution is 2.30. The number of nitrogens with one attached hydrogen (secondary N) is 2. The Balaban J connectivity index is 1.50. The zero-order valence-electron chi connectivity index (χ0n) is 16.9. The van der Waals surface area contributed by atoms with Crippen LogP contribution in [0.3, 0.4) is 0 Å². The minimum absolute atomic E-state index is 0.447. The van der Waals surface area contributed by atoms with E-state index in [1.54, 1.807) is 0 Å². The van der Waals surface area contributed by atoms with Gasteiger partial charge in [0, 0.05) is 11.4 Å². The maximum absolute atomic E-state index is 6.32. The van der Waals surface area contributed by atoms with E-state index >= 15 is 0 Å². The Bertz CT molecular complexity index is 1140. The minimum atomic E-state index is 0.447. The minimum Gasteiger partial charge on any atom is -0.457 e. The summed E-state index contributed by atoms with van der Waals surface area (Å²) in [4.78, 5) is 8.59. The number of aromatic nitrogens is 2. The first-order chi connectivity index (χ1) is 14.6. The highest BCUT2D eigenvalue weighted by molar-refractivity contribution is 5.81. The number of nitrogen functional groups attached to an aromatic ring is 1. The zero-order valence-corrected chi connectivity index (χ0v) is 16.9. The van der Waals surface area contributed by atoms with Crippen molar-refractivity contribution in [2.75, 3.05) is 16.4 Å². The summed E-state index contributed by atoms with van der Waals surface area (Å²) in [6.07, 6.45) is 1.49. The van der Waals surface area contributed by atoms with E-state index in [-0.39, 0.29) is 0 Å². The first kappa shape index (κ1) is 19.3. The Morgan fingerprint density at radius 1 is 0.733 bits per heavy atom. The lowest BCUT2D eigenvalue weighted by atomic mass is 10.1. The highest BCUT2D eigenvalue weighted by atomic mass is 16.5. The normalized spacial score (nSPS) is 10.5.